The van der Waals surface area contributed by atoms with E-state index in [1.54, 1.807) is 6.20 Å². The van der Waals surface area contributed by atoms with Crippen LogP contribution in [0.1, 0.15) is 25.8 Å². The van der Waals surface area contributed by atoms with Crippen molar-refractivity contribution in [3.05, 3.63) is 42.1 Å². The van der Waals surface area contributed by atoms with E-state index >= 15 is 0 Å². The van der Waals surface area contributed by atoms with Gasteiger partial charge in [0.2, 0.25) is 0 Å². The number of hydrogen-bond donors (Lipinski definition) is 2. The highest BCUT2D eigenvalue weighted by Gasteiger charge is 2.59. The molecule has 2 N–H and O–H groups in total. The Morgan fingerprint density at radius 3 is 3.04 bits per heavy atom. The van der Waals surface area contributed by atoms with Gasteiger partial charge in [-0.25, -0.2) is 4.79 Å². The molecular weight excluding hydrogens is 302 g/mol. The van der Waals surface area contributed by atoms with Crippen molar-refractivity contribution in [1.29, 1.82) is 0 Å². The number of rotatable bonds is 3. The number of amides is 2. The first-order valence-electron chi connectivity index (χ1n) is 8.56. The summed E-state index contributed by atoms with van der Waals surface area (Å²) in [6.07, 6.45) is 3.10. The minimum absolute atomic E-state index is 0.000490. The van der Waals surface area contributed by atoms with E-state index in [1.165, 1.54) is 0 Å². The third kappa shape index (κ3) is 2.44. The summed E-state index contributed by atoms with van der Waals surface area (Å²) in [4.78, 5) is 16.8. The van der Waals surface area contributed by atoms with E-state index in [0.29, 0.717) is 12.5 Å². The summed E-state index contributed by atoms with van der Waals surface area (Å²) in [6, 6.07) is 10.0. The van der Waals surface area contributed by atoms with E-state index in [-0.39, 0.29) is 23.6 Å². The smallest absolute Gasteiger partial charge is 0.315 e. The van der Waals surface area contributed by atoms with Crippen LogP contribution in [-0.2, 0) is 11.3 Å². The lowest BCUT2D eigenvalue weighted by molar-refractivity contribution is -0.108. The molecule has 2 amide bonds. The second-order valence-electron chi connectivity index (χ2n) is 7.36. The van der Waals surface area contributed by atoms with Crippen molar-refractivity contribution in [2.45, 2.75) is 39.0 Å². The van der Waals surface area contributed by atoms with E-state index < -0.39 is 0 Å². The molecule has 0 spiro atoms. The number of fused-ring (bicyclic) bond motifs is 2. The molecule has 2 aromatic rings. The quantitative estimate of drug-likeness (QED) is 0.912. The fourth-order valence-electron chi connectivity index (χ4n) is 4.30. The van der Waals surface area contributed by atoms with Crippen LogP contribution in [0.4, 0.5) is 4.79 Å². The Morgan fingerprint density at radius 2 is 2.17 bits per heavy atom. The van der Waals surface area contributed by atoms with Gasteiger partial charge in [0.05, 0.1) is 11.6 Å². The number of carbonyl (C=O) groups is 1. The number of aromatic nitrogens is 1. The van der Waals surface area contributed by atoms with Crippen molar-refractivity contribution in [2.24, 2.45) is 11.3 Å². The maximum absolute atomic E-state index is 12.3. The normalized spacial score (nSPS) is 27.3. The molecule has 1 aliphatic carbocycles. The fraction of sp³-hybridized carbons (Fsp3) is 0.474. The van der Waals surface area contributed by atoms with Gasteiger partial charge >= 0.3 is 6.03 Å². The Balaban J connectivity index is 1.40. The Labute approximate surface area is 141 Å². The zero-order valence-corrected chi connectivity index (χ0v) is 14.1. The summed E-state index contributed by atoms with van der Waals surface area (Å²) in [5.41, 5.74) is 1.96. The predicted octanol–water partition coefficient (Wildman–Crippen LogP) is 2.85. The highest BCUT2D eigenvalue weighted by Crippen LogP contribution is 2.52. The molecule has 1 saturated heterocycles. The van der Waals surface area contributed by atoms with E-state index in [9.17, 15) is 4.79 Å². The highest BCUT2D eigenvalue weighted by atomic mass is 16.5. The van der Waals surface area contributed by atoms with Crippen LogP contribution in [0.3, 0.4) is 0 Å². The summed E-state index contributed by atoms with van der Waals surface area (Å²) >= 11 is 0. The monoisotopic (exact) mass is 325 g/mol. The lowest BCUT2D eigenvalue weighted by Crippen LogP contribution is -2.67. The van der Waals surface area contributed by atoms with Crippen LogP contribution in [0, 0.1) is 11.3 Å². The SMILES string of the molecule is CC1(C)[C@H](NC(=O)NCc2cccc3cccnc23)[C@H]2CCO[C@H]21. The van der Waals surface area contributed by atoms with Crippen LogP contribution in [0.25, 0.3) is 10.9 Å². The molecule has 5 heteroatoms. The molecule has 2 aliphatic rings. The van der Waals surface area contributed by atoms with Gasteiger partial charge in [-0.1, -0.05) is 38.1 Å². The fourth-order valence-corrected chi connectivity index (χ4v) is 4.30. The van der Waals surface area contributed by atoms with Crippen LogP contribution >= 0.6 is 0 Å². The minimum Gasteiger partial charge on any atom is -0.377 e. The van der Waals surface area contributed by atoms with Gasteiger partial charge in [-0.05, 0) is 18.1 Å². The van der Waals surface area contributed by atoms with Gasteiger partial charge in [0.15, 0.2) is 0 Å². The van der Waals surface area contributed by atoms with E-state index in [0.717, 1.165) is 29.5 Å². The average Bonchev–Trinajstić information content (AvgIpc) is 3.05. The molecule has 3 atom stereocenters. The maximum atomic E-state index is 12.3. The largest absolute Gasteiger partial charge is 0.377 e. The van der Waals surface area contributed by atoms with Crippen LogP contribution in [0.5, 0.6) is 0 Å². The zero-order valence-electron chi connectivity index (χ0n) is 14.1. The Kier molecular flexibility index (Phi) is 3.68. The lowest BCUT2D eigenvalue weighted by Gasteiger charge is -2.54. The van der Waals surface area contributed by atoms with Crippen LogP contribution < -0.4 is 10.6 Å². The summed E-state index contributed by atoms with van der Waals surface area (Å²) in [6.45, 7) is 5.61. The van der Waals surface area contributed by atoms with Crippen molar-refractivity contribution in [2.75, 3.05) is 6.61 Å². The molecule has 4 rings (SSSR count). The molecule has 24 heavy (non-hydrogen) atoms. The third-order valence-electron chi connectivity index (χ3n) is 5.54. The molecule has 0 unspecified atom stereocenters. The molecule has 126 valence electrons. The first kappa shape index (κ1) is 15.4. The molecule has 0 radical (unpaired) electrons. The summed E-state index contributed by atoms with van der Waals surface area (Å²) in [7, 11) is 0. The molecule has 2 fully saturated rings. The second kappa shape index (κ2) is 5.74. The van der Waals surface area contributed by atoms with E-state index in [2.05, 4.69) is 29.5 Å². The van der Waals surface area contributed by atoms with Gasteiger partial charge < -0.3 is 15.4 Å². The van der Waals surface area contributed by atoms with Gasteiger partial charge in [0.25, 0.3) is 0 Å². The van der Waals surface area contributed by atoms with Crippen molar-refractivity contribution in [1.82, 2.24) is 15.6 Å². The topological polar surface area (TPSA) is 63.2 Å². The number of hydrogen-bond acceptors (Lipinski definition) is 3. The first-order chi connectivity index (χ1) is 11.6. The average molecular weight is 325 g/mol. The molecule has 1 aromatic heterocycles. The third-order valence-corrected chi connectivity index (χ3v) is 5.54. The molecule has 0 bridgehead atoms. The van der Waals surface area contributed by atoms with Gasteiger partial charge in [0, 0.05) is 42.1 Å². The number of para-hydroxylation sites is 1. The molecule has 1 aliphatic heterocycles. The summed E-state index contributed by atoms with van der Waals surface area (Å²) < 4.78 is 5.78. The van der Waals surface area contributed by atoms with Gasteiger partial charge in [-0.15, -0.1) is 0 Å². The number of benzene rings is 1. The van der Waals surface area contributed by atoms with Crippen molar-refractivity contribution >= 4 is 16.9 Å². The molecule has 1 aromatic carbocycles. The minimum atomic E-state index is -0.119. The van der Waals surface area contributed by atoms with Crippen LogP contribution in [0.2, 0.25) is 0 Å². The predicted molar refractivity (Wildman–Crippen MR) is 92.5 cm³/mol. The van der Waals surface area contributed by atoms with E-state index in [4.69, 9.17) is 4.74 Å². The van der Waals surface area contributed by atoms with Crippen LogP contribution in [-0.4, -0.2) is 29.8 Å². The number of nitrogens with one attached hydrogen (secondary N) is 2. The van der Waals surface area contributed by atoms with Gasteiger partial charge in [-0.2, -0.15) is 0 Å². The second-order valence-corrected chi connectivity index (χ2v) is 7.36. The molecule has 5 nitrogen and oxygen atoms in total. The number of urea groups is 1. The zero-order chi connectivity index (χ0) is 16.7. The highest BCUT2D eigenvalue weighted by molar-refractivity contribution is 5.82. The number of carbonyl (C=O) groups excluding carboxylic acids is 1. The summed E-state index contributed by atoms with van der Waals surface area (Å²) in [5.74, 6) is 0.449. The standard InChI is InChI=1S/C19H23N3O2/c1-19(2)16(14-8-10-24-17(14)19)22-18(23)21-11-13-6-3-5-12-7-4-9-20-15(12)13/h3-7,9,14,16-17H,8,10-11H2,1-2H3,(H2,21,22,23)/t14-,16-,17-/m1/s1. The first-order valence-corrected chi connectivity index (χ1v) is 8.56. The molecule has 1 saturated carbocycles. The Bertz CT molecular complexity index is 769. The van der Waals surface area contributed by atoms with Crippen LogP contribution in [0.15, 0.2) is 36.5 Å². The molecular formula is C19H23N3O2. The maximum Gasteiger partial charge on any atom is 0.315 e. The number of ether oxygens (including phenoxy) is 1. The van der Waals surface area contributed by atoms with Gasteiger partial charge in [-0.3, -0.25) is 4.98 Å². The number of pyridine rings is 1. The van der Waals surface area contributed by atoms with Crippen molar-refractivity contribution in [3.63, 3.8) is 0 Å². The van der Waals surface area contributed by atoms with Crippen molar-refractivity contribution < 1.29 is 9.53 Å². The Morgan fingerprint density at radius 1 is 1.33 bits per heavy atom. The van der Waals surface area contributed by atoms with Crippen molar-refractivity contribution in [3.8, 4) is 0 Å². The van der Waals surface area contributed by atoms with Gasteiger partial charge in [0.1, 0.15) is 0 Å². The van der Waals surface area contributed by atoms with E-state index in [1.807, 2.05) is 30.3 Å². The Hall–Kier alpha value is -2.14. The number of nitrogens with zero attached hydrogens (tertiary/aromatic N) is 1. The molecule has 2 heterocycles. The summed E-state index contributed by atoms with van der Waals surface area (Å²) in [5, 5.41) is 7.21. The lowest BCUT2D eigenvalue weighted by atomic mass is 9.57.